The summed E-state index contributed by atoms with van der Waals surface area (Å²) < 4.78 is 10.1. The van der Waals surface area contributed by atoms with Crippen LogP contribution in [0.15, 0.2) is 6.20 Å². The first kappa shape index (κ1) is 10.9. The van der Waals surface area contributed by atoms with Gasteiger partial charge in [0.25, 0.3) is 5.88 Å². The minimum atomic E-state index is 0.300. The summed E-state index contributed by atoms with van der Waals surface area (Å²) in [5.74, 6) is 2.26. The lowest BCUT2D eigenvalue weighted by molar-refractivity contribution is 0.357. The molecule has 0 bridgehead atoms. The van der Waals surface area contributed by atoms with Crippen LogP contribution in [0.3, 0.4) is 0 Å². The summed E-state index contributed by atoms with van der Waals surface area (Å²) >= 11 is 0. The largest absolute Gasteiger partial charge is 0.480 e. The van der Waals surface area contributed by atoms with Crippen LogP contribution in [0.2, 0.25) is 0 Å². The smallest absolute Gasteiger partial charge is 0.264 e. The van der Waals surface area contributed by atoms with E-state index in [2.05, 4.69) is 25.4 Å². The summed E-state index contributed by atoms with van der Waals surface area (Å²) in [5, 5.41) is 12.2. The van der Waals surface area contributed by atoms with Crippen molar-refractivity contribution in [2.24, 2.45) is 0 Å². The zero-order valence-corrected chi connectivity index (χ0v) is 10.1. The molecule has 2 heterocycles. The third kappa shape index (κ3) is 1.85. The van der Waals surface area contributed by atoms with E-state index in [0.29, 0.717) is 23.5 Å². The number of hydrogen-bond acceptors (Lipinski definition) is 7. The lowest BCUT2D eigenvalue weighted by atomic mass is 10.4. The number of methoxy groups -OCH3 is 2. The maximum Gasteiger partial charge on any atom is 0.264 e. The van der Waals surface area contributed by atoms with Gasteiger partial charge in [-0.3, -0.25) is 0 Å². The average molecular weight is 248 g/mol. The number of aromatic nitrogens is 6. The van der Waals surface area contributed by atoms with Gasteiger partial charge in [-0.2, -0.15) is 4.98 Å². The first-order valence-electron chi connectivity index (χ1n) is 5.57. The highest BCUT2D eigenvalue weighted by Gasteiger charge is 2.29. The zero-order chi connectivity index (χ0) is 12.5. The molecule has 1 aliphatic rings. The summed E-state index contributed by atoms with van der Waals surface area (Å²) in [6.45, 7) is 0. The molecular weight excluding hydrogens is 236 g/mol. The van der Waals surface area contributed by atoms with Gasteiger partial charge >= 0.3 is 0 Å². The number of hydrogen-bond donors (Lipinski definition) is 0. The maximum absolute atomic E-state index is 5.15. The van der Waals surface area contributed by atoms with Crippen LogP contribution in [0.1, 0.15) is 24.6 Å². The van der Waals surface area contributed by atoms with Gasteiger partial charge in [-0.1, -0.05) is 0 Å². The van der Waals surface area contributed by atoms with Crippen molar-refractivity contribution in [3.05, 3.63) is 12.0 Å². The molecule has 0 N–H and O–H groups in total. The lowest BCUT2D eigenvalue weighted by Crippen LogP contribution is -2.07. The van der Waals surface area contributed by atoms with Gasteiger partial charge in [0.05, 0.1) is 20.4 Å². The Morgan fingerprint density at radius 3 is 2.78 bits per heavy atom. The summed E-state index contributed by atoms with van der Waals surface area (Å²) in [6, 6.07) is 0. The van der Waals surface area contributed by atoms with Crippen LogP contribution in [0.25, 0.3) is 5.82 Å². The normalized spacial score (nSPS) is 14.6. The van der Waals surface area contributed by atoms with Gasteiger partial charge in [0.15, 0.2) is 5.82 Å². The molecule has 0 aromatic carbocycles. The van der Waals surface area contributed by atoms with Crippen molar-refractivity contribution in [1.29, 1.82) is 0 Å². The molecule has 94 valence electrons. The van der Waals surface area contributed by atoms with E-state index in [0.717, 1.165) is 18.7 Å². The van der Waals surface area contributed by atoms with Crippen molar-refractivity contribution < 1.29 is 9.47 Å². The van der Waals surface area contributed by atoms with E-state index in [1.165, 1.54) is 25.2 Å². The van der Waals surface area contributed by atoms with Crippen LogP contribution in [0.4, 0.5) is 0 Å². The Labute approximate surface area is 103 Å². The molecule has 1 saturated carbocycles. The quantitative estimate of drug-likeness (QED) is 0.771. The van der Waals surface area contributed by atoms with Crippen molar-refractivity contribution in [3.63, 3.8) is 0 Å². The van der Waals surface area contributed by atoms with Crippen molar-refractivity contribution in [1.82, 2.24) is 30.2 Å². The molecule has 0 atom stereocenters. The summed E-state index contributed by atoms with van der Waals surface area (Å²) in [4.78, 5) is 9.62. The Hall–Kier alpha value is -2.25. The third-order valence-electron chi connectivity index (χ3n) is 2.66. The van der Waals surface area contributed by atoms with Gasteiger partial charge in [-0.15, -0.1) is 15.0 Å². The van der Waals surface area contributed by atoms with Crippen molar-refractivity contribution in [3.8, 4) is 17.6 Å². The van der Waals surface area contributed by atoms with Crippen LogP contribution in [0, 0.1) is 0 Å². The molecule has 0 saturated heterocycles. The minimum absolute atomic E-state index is 0.300. The second-order valence-electron chi connectivity index (χ2n) is 3.96. The highest BCUT2D eigenvalue weighted by atomic mass is 16.5. The van der Waals surface area contributed by atoms with Gasteiger partial charge < -0.3 is 9.47 Å². The Morgan fingerprint density at radius 1 is 1.28 bits per heavy atom. The highest BCUT2D eigenvalue weighted by molar-refractivity contribution is 5.33. The van der Waals surface area contributed by atoms with Gasteiger partial charge in [0.2, 0.25) is 11.7 Å². The predicted octanol–water partition coefficient (Wildman–Crippen LogP) is 0.347. The number of ether oxygens (including phenoxy) is 2. The fourth-order valence-corrected chi connectivity index (χ4v) is 1.54. The van der Waals surface area contributed by atoms with E-state index in [1.807, 2.05) is 0 Å². The van der Waals surface area contributed by atoms with E-state index in [1.54, 1.807) is 0 Å². The molecule has 1 fully saturated rings. The fraction of sp³-hybridized carbons (Fsp3) is 0.500. The third-order valence-corrected chi connectivity index (χ3v) is 2.66. The van der Waals surface area contributed by atoms with Gasteiger partial charge in [-0.25, -0.2) is 4.98 Å². The highest BCUT2D eigenvalue weighted by Crippen LogP contribution is 2.37. The van der Waals surface area contributed by atoms with Crippen molar-refractivity contribution in [2.75, 3.05) is 14.2 Å². The lowest BCUT2D eigenvalue weighted by Gasteiger charge is -2.05. The average Bonchev–Trinajstić information content (AvgIpc) is 3.16. The molecule has 0 aliphatic heterocycles. The van der Waals surface area contributed by atoms with Crippen LogP contribution < -0.4 is 9.47 Å². The molecule has 18 heavy (non-hydrogen) atoms. The topological polar surface area (TPSA) is 87.8 Å². The number of tetrazole rings is 1. The van der Waals surface area contributed by atoms with Gasteiger partial charge in [0, 0.05) is 5.92 Å². The molecule has 3 rings (SSSR count). The van der Waals surface area contributed by atoms with E-state index in [-0.39, 0.29) is 0 Å². The van der Waals surface area contributed by atoms with E-state index in [9.17, 15) is 0 Å². The van der Waals surface area contributed by atoms with Crippen LogP contribution >= 0.6 is 0 Å². The van der Waals surface area contributed by atoms with Gasteiger partial charge in [0.1, 0.15) is 0 Å². The maximum atomic E-state index is 5.15. The summed E-state index contributed by atoms with van der Waals surface area (Å²) in [5.41, 5.74) is 0. The zero-order valence-electron chi connectivity index (χ0n) is 10.1. The number of nitrogens with zero attached hydrogens (tertiary/aromatic N) is 6. The number of rotatable bonds is 4. The van der Waals surface area contributed by atoms with E-state index < -0.39 is 0 Å². The first-order valence-corrected chi connectivity index (χ1v) is 5.57. The predicted molar refractivity (Wildman–Crippen MR) is 59.8 cm³/mol. The fourth-order valence-electron chi connectivity index (χ4n) is 1.54. The van der Waals surface area contributed by atoms with Crippen LogP contribution in [0.5, 0.6) is 11.8 Å². The first-order chi connectivity index (χ1) is 8.81. The van der Waals surface area contributed by atoms with Gasteiger partial charge in [-0.05, 0) is 18.1 Å². The Balaban J connectivity index is 1.98. The molecule has 2 aromatic rings. The monoisotopic (exact) mass is 248 g/mol. The summed E-state index contributed by atoms with van der Waals surface area (Å²) in [6.07, 6.45) is 3.73. The Kier molecular flexibility index (Phi) is 2.54. The standard InChI is InChI=1S/C10H12N6O2/c1-17-7-5-11-9(10(12-7)18-2)16-14-8(13-15-16)6-3-4-6/h5-6H,3-4H2,1-2H3. The van der Waals surface area contributed by atoms with E-state index >= 15 is 0 Å². The van der Waals surface area contributed by atoms with Crippen LogP contribution in [-0.4, -0.2) is 44.4 Å². The van der Waals surface area contributed by atoms with E-state index in [4.69, 9.17) is 9.47 Å². The Morgan fingerprint density at radius 2 is 2.11 bits per heavy atom. The molecule has 0 amide bonds. The molecule has 8 heteroatoms. The summed E-state index contributed by atoms with van der Waals surface area (Å²) in [7, 11) is 3.02. The molecular formula is C10H12N6O2. The molecule has 0 radical (unpaired) electrons. The molecule has 8 nitrogen and oxygen atoms in total. The molecule has 0 spiro atoms. The second-order valence-corrected chi connectivity index (χ2v) is 3.96. The molecule has 1 aliphatic carbocycles. The minimum Gasteiger partial charge on any atom is -0.480 e. The van der Waals surface area contributed by atoms with Crippen molar-refractivity contribution >= 4 is 0 Å². The molecule has 2 aromatic heterocycles. The van der Waals surface area contributed by atoms with Crippen molar-refractivity contribution in [2.45, 2.75) is 18.8 Å². The second kappa shape index (κ2) is 4.21. The molecule has 0 unspecified atom stereocenters. The SMILES string of the molecule is COc1cnc(-n2nnc(C3CC3)n2)c(OC)n1. The Bertz CT molecular complexity index is 565. The van der Waals surface area contributed by atoms with Crippen LogP contribution in [-0.2, 0) is 0 Å².